The smallest absolute Gasteiger partial charge is 0.356 e. The second kappa shape index (κ2) is 6.39. The van der Waals surface area contributed by atoms with Crippen molar-refractivity contribution in [2.45, 2.75) is 0 Å². The Labute approximate surface area is 132 Å². The highest BCUT2D eigenvalue weighted by Gasteiger charge is 2.27. The van der Waals surface area contributed by atoms with E-state index in [1.807, 2.05) is 18.2 Å². The lowest BCUT2D eigenvalue weighted by atomic mass is 10.2. The van der Waals surface area contributed by atoms with Gasteiger partial charge in [0.1, 0.15) is 5.82 Å². The van der Waals surface area contributed by atoms with E-state index in [1.54, 1.807) is 11.1 Å². The summed E-state index contributed by atoms with van der Waals surface area (Å²) in [5.74, 6) is -0.796. The Bertz CT molecular complexity index is 714. The molecule has 0 spiro atoms. The topological polar surface area (TPSA) is 99.5 Å². The first-order valence-corrected chi connectivity index (χ1v) is 7.16. The zero-order valence-electron chi connectivity index (χ0n) is 12.3. The highest BCUT2D eigenvalue weighted by molar-refractivity contribution is 6.02. The molecule has 3 rings (SSSR count). The van der Waals surface area contributed by atoms with Gasteiger partial charge in [0.2, 0.25) is 0 Å². The SMILES string of the molecule is O=C(O)c1nccnc1C(=O)N1CCN(c2ccccn2)CC1. The second-order valence-corrected chi connectivity index (χ2v) is 5.03. The minimum absolute atomic E-state index is 0.119. The number of nitrogens with zero attached hydrogens (tertiary/aromatic N) is 5. The van der Waals surface area contributed by atoms with Crippen LogP contribution >= 0.6 is 0 Å². The van der Waals surface area contributed by atoms with Gasteiger partial charge in [-0.3, -0.25) is 4.79 Å². The quantitative estimate of drug-likeness (QED) is 0.882. The Morgan fingerprint density at radius 1 is 0.913 bits per heavy atom. The van der Waals surface area contributed by atoms with Gasteiger partial charge in [-0.25, -0.2) is 19.7 Å². The van der Waals surface area contributed by atoms with E-state index in [9.17, 15) is 9.59 Å². The largest absolute Gasteiger partial charge is 0.476 e. The van der Waals surface area contributed by atoms with Crippen molar-refractivity contribution in [3.8, 4) is 0 Å². The summed E-state index contributed by atoms with van der Waals surface area (Å²) in [6.45, 7) is 2.22. The number of anilines is 1. The predicted octanol–water partition coefficient (Wildman–Crippen LogP) is 0.532. The van der Waals surface area contributed by atoms with Crippen LogP contribution in [0.2, 0.25) is 0 Å². The van der Waals surface area contributed by atoms with Crippen LogP contribution in [-0.2, 0) is 0 Å². The molecule has 0 aromatic carbocycles. The zero-order chi connectivity index (χ0) is 16.2. The number of rotatable bonds is 3. The molecule has 1 saturated heterocycles. The third-order valence-electron chi connectivity index (χ3n) is 3.64. The number of carbonyl (C=O) groups is 2. The van der Waals surface area contributed by atoms with E-state index in [1.165, 1.54) is 12.4 Å². The molecule has 0 radical (unpaired) electrons. The Hall–Kier alpha value is -3.03. The van der Waals surface area contributed by atoms with E-state index < -0.39 is 11.9 Å². The molecule has 1 N–H and O–H groups in total. The first kappa shape index (κ1) is 14.9. The fourth-order valence-electron chi connectivity index (χ4n) is 2.48. The van der Waals surface area contributed by atoms with E-state index in [0.29, 0.717) is 26.2 Å². The number of pyridine rings is 1. The average molecular weight is 313 g/mol. The lowest BCUT2D eigenvalue weighted by Crippen LogP contribution is -2.49. The predicted molar refractivity (Wildman–Crippen MR) is 81.3 cm³/mol. The van der Waals surface area contributed by atoms with Gasteiger partial charge in [0.25, 0.3) is 5.91 Å². The van der Waals surface area contributed by atoms with Gasteiger partial charge in [0.15, 0.2) is 11.4 Å². The molecule has 1 aliphatic rings. The van der Waals surface area contributed by atoms with Crippen LogP contribution in [-0.4, -0.2) is 63.0 Å². The molecule has 1 aliphatic heterocycles. The fourth-order valence-corrected chi connectivity index (χ4v) is 2.48. The van der Waals surface area contributed by atoms with Gasteiger partial charge in [-0.15, -0.1) is 0 Å². The monoisotopic (exact) mass is 313 g/mol. The molecule has 0 unspecified atom stereocenters. The summed E-state index contributed by atoms with van der Waals surface area (Å²) in [6.07, 6.45) is 4.31. The highest BCUT2D eigenvalue weighted by Crippen LogP contribution is 2.14. The number of piperazine rings is 1. The maximum atomic E-state index is 12.5. The maximum Gasteiger partial charge on any atom is 0.356 e. The molecular weight excluding hydrogens is 298 g/mol. The van der Waals surface area contributed by atoms with Crippen molar-refractivity contribution in [3.63, 3.8) is 0 Å². The molecular formula is C15H15N5O3. The van der Waals surface area contributed by atoms with Gasteiger partial charge in [0.05, 0.1) is 0 Å². The molecule has 0 aliphatic carbocycles. The number of amides is 1. The lowest BCUT2D eigenvalue weighted by molar-refractivity contribution is 0.0663. The molecule has 0 saturated carbocycles. The number of aromatic nitrogens is 3. The molecule has 2 aromatic heterocycles. The molecule has 23 heavy (non-hydrogen) atoms. The van der Waals surface area contributed by atoms with E-state index in [0.717, 1.165) is 5.82 Å². The molecule has 1 amide bonds. The number of carbonyl (C=O) groups excluding carboxylic acids is 1. The Balaban J connectivity index is 1.71. The van der Waals surface area contributed by atoms with Crippen LogP contribution < -0.4 is 4.90 Å². The van der Waals surface area contributed by atoms with Gasteiger partial charge in [0, 0.05) is 44.8 Å². The van der Waals surface area contributed by atoms with Gasteiger partial charge >= 0.3 is 5.97 Å². The third kappa shape index (κ3) is 3.10. The van der Waals surface area contributed by atoms with Crippen LogP contribution in [0.25, 0.3) is 0 Å². The number of carboxylic acid groups (broad SMARTS) is 1. The number of hydrogen-bond donors (Lipinski definition) is 1. The molecule has 0 atom stereocenters. The Morgan fingerprint density at radius 2 is 1.61 bits per heavy atom. The summed E-state index contributed by atoms with van der Waals surface area (Å²) in [5, 5.41) is 9.11. The van der Waals surface area contributed by atoms with Gasteiger partial charge < -0.3 is 14.9 Å². The van der Waals surface area contributed by atoms with Crippen LogP contribution in [0.4, 0.5) is 5.82 Å². The first-order chi connectivity index (χ1) is 11.2. The van der Waals surface area contributed by atoms with E-state index in [4.69, 9.17) is 5.11 Å². The van der Waals surface area contributed by atoms with Crippen LogP contribution in [0.3, 0.4) is 0 Å². The van der Waals surface area contributed by atoms with Crippen LogP contribution in [0.1, 0.15) is 21.0 Å². The number of hydrogen-bond acceptors (Lipinski definition) is 6. The first-order valence-electron chi connectivity index (χ1n) is 7.16. The minimum Gasteiger partial charge on any atom is -0.476 e. The summed E-state index contributed by atoms with van der Waals surface area (Å²) < 4.78 is 0. The molecule has 1 fully saturated rings. The summed E-state index contributed by atoms with van der Waals surface area (Å²) in [7, 11) is 0. The highest BCUT2D eigenvalue weighted by atomic mass is 16.4. The van der Waals surface area contributed by atoms with Gasteiger partial charge in [-0.1, -0.05) is 6.07 Å². The maximum absolute atomic E-state index is 12.5. The van der Waals surface area contributed by atoms with Crippen molar-refractivity contribution in [2.24, 2.45) is 0 Å². The van der Waals surface area contributed by atoms with Crippen LogP contribution in [0, 0.1) is 0 Å². The zero-order valence-corrected chi connectivity index (χ0v) is 12.3. The lowest BCUT2D eigenvalue weighted by Gasteiger charge is -2.35. The fraction of sp³-hybridized carbons (Fsp3) is 0.267. The van der Waals surface area contributed by atoms with Crippen molar-refractivity contribution in [3.05, 3.63) is 48.2 Å². The van der Waals surface area contributed by atoms with Crippen LogP contribution in [0.15, 0.2) is 36.8 Å². The Kier molecular flexibility index (Phi) is 4.13. The van der Waals surface area contributed by atoms with E-state index in [-0.39, 0.29) is 11.4 Å². The third-order valence-corrected chi connectivity index (χ3v) is 3.64. The van der Waals surface area contributed by atoms with Crippen molar-refractivity contribution < 1.29 is 14.7 Å². The number of aromatic carboxylic acids is 1. The molecule has 3 heterocycles. The normalized spacial score (nSPS) is 14.6. The van der Waals surface area contributed by atoms with Crippen LogP contribution in [0.5, 0.6) is 0 Å². The summed E-state index contributed by atoms with van der Waals surface area (Å²) in [4.78, 5) is 39.2. The standard InChI is InChI=1S/C15H15N5O3/c21-14(12-13(15(22)23)18-6-5-17-12)20-9-7-19(8-10-20)11-3-1-2-4-16-11/h1-6H,7-10H2,(H,22,23). The Morgan fingerprint density at radius 3 is 2.22 bits per heavy atom. The van der Waals surface area contributed by atoms with Crippen molar-refractivity contribution in [1.82, 2.24) is 19.9 Å². The molecule has 0 bridgehead atoms. The average Bonchev–Trinajstić information content (AvgIpc) is 2.62. The summed E-state index contributed by atoms with van der Waals surface area (Å²) in [5.41, 5.74) is -0.434. The van der Waals surface area contributed by atoms with Crippen molar-refractivity contribution >= 4 is 17.7 Å². The summed E-state index contributed by atoms with van der Waals surface area (Å²) in [6, 6.07) is 5.69. The minimum atomic E-state index is -1.26. The van der Waals surface area contributed by atoms with E-state index >= 15 is 0 Å². The van der Waals surface area contributed by atoms with Crippen molar-refractivity contribution in [2.75, 3.05) is 31.1 Å². The molecule has 118 valence electrons. The second-order valence-electron chi connectivity index (χ2n) is 5.03. The van der Waals surface area contributed by atoms with Gasteiger partial charge in [-0.05, 0) is 12.1 Å². The van der Waals surface area contributed by atoms with E-state index in [2.05, 4.69) is 19.9 Å². The number of carboxylic acids is 1. The molecule has 2 aromatic rings. The van der Waals surface area contributed by atoms with Gasteiger partial charge in [-0.2, -0.15) is 0 Å². The van der Waals surface area contributed by atoms with Crippen molar-refractivity contribution in [1.29, 1.82) is 0 Å². The molecule has 8 heteroatoms. The molecule has 8 nitrogen and oxygen atoms in total. The summed E-state index contributed by atoms with van der Waals surface area (Å²) >= 11 is 0.